The highest BCUT2D eigenvalue weighted by molar-refractivity contribution is 6.28. The highest BCUT2D eigenvalue weighted by Crippen LogP contribution is 2.29. The summed E-state index contributed by atoms with van der Waals surface area (Å²) in [6, 6.07) is 0.217. The van der Waals surface area contributed by atoms with Crippen LogP contribution < -0.4 is 9.47 Å². The van der Waals surface area contributed by atoms with Crippen LogP contribution in [0.3, 0.4) is 0 Å². The van der Waals surface area contributed by atoms with Gasteiger partial charge in [0, 0.05) is 6.07 Å². The largest absolute Gasteiger partial charge is 0.467 e. The Labute approximate surface area is 120 Å². The molecule has 1 heterocycles. The Kier molecular flexibility index (Phi) is 4.08. The van der Waals surface area contributed by atoms with Gasteiger partial charge < -0.3 is 9.47 Å². The molecule has 8 nitrogen and oxygen atoms in total. The van der Waals surface area contributed by atoms with E-state index in [4.69, 9.17) is 21.1 Å². The Morgan fingerprint density at radius 3 is 2.48 bits per heavy atom. The van der Waals surface area contributed by atoms with E-state index in [0.29, 0.717) is 12.1 Å². The number of hydrogen-bond acceptors (Lipinski definition) is 7. The summed E-state index contributed by atoms with van der Waals surface area (Å²) in [4.78, 5) is 20.1. The Morgan fingerprint density at radius 2 is 1.86 bits per heavy atom. The lowest BCUT2D eigenvalue weighted by Gasteiger charge is -2.06. The summed E-state index contributed by atoms with van der Waals surface area (Å²) in [5.74, 6) is -3.09. The van der Waals surface area contributed by atoms with Gasteiger partial charge in [-0.15, -0.1) is 4.98 Å². The van der Waals surface area contributed by atoms with E-state index < -0.39 is 34.0 Å². The summed E-state index contributed by atoms with van der Waals surface area (Å²) in [5.41, 5.74) is -1.02. The molecular weight excluding hydrogens is 314 g/mol. The zero-order valence-corrected chi connectivity index (χ0v) is 11.0. The van der Waals surface area contributed by atoms with Gasteiger partial charge in [0.2, 0.25) is 11.1 Å². The van der Waals surface area contributed by atoms with Crippen LogP contribution >= 0.6 is 11.6 Å². The second-order valence-electron chi connectivity index (χ2n) is 3.47. The van der Waals surface area contributed by atoms with E-state index >= 15 is 0 Å². The van der Waals surface area contributed by atoms with Gasteiger partial charge in [-0.1, -0.05) is 0 Å². The van der Waals surface area contributed by atoms with Crippen LogP contribution in [0.4, 0.5) is 14.5 Å². The van der Waals surface area contributed by atoms with Crippen molar-refractivity contribution in [2.45, 2.75) is 0 Å². The van der Waals surface area contributed by atoms with Crippen molar-refractivity contribution in [3.63, 3.8) is 0 Å². The van der Waals surface area contributed by atoms with Gasteiger partial charge >= 0.3 is 17.7 Å². The highest BCUT2D eigenvalue weighted by Gasteiger charge is 2.20. The van der Waals surface area contributed by atoms with Crippen molar-refractivity contribution in [3.8, 4) is 17.8 Å². The fraction of sp³-hybridized carbons (Fsp3) is 0.100. The molecule has 0 amide bonds. The molecule has 2 rings (SSSR count). The lowest BCUT2D eigenvalue weighted by molar-refractivity contribution is -0.387. The molecule has 0 atom stereocenters. The first-order valence-corrected chi connectivity index (χ1v) is 5.55. The summed E-state index contributed by atoms with van der Waals surface area (Å²) in [7, 11) is 1.25. The van der Waals surface area contributed by atoms with E-state index in [1.807, 2.05) is 0 Å². The van der Waals surface area contributed by atoms with Crippen LogP contribution in [-0.2, 0) is 0 Å². The van der Waals surface area contributed by atoms with Crippen LogP contribution in [0, 0.1) is 21.7 Å². The molecule has 0 aliphatic heterocycles. The first-order valence-electron chi connectivity index (χ1n) is 5.17. The first-order chi connectivity index (χ1) is 9.90. The number of rotatable bonds is 4. The maximum Gasteiger partial charge on any atom is 0.329 e. The van der Waals surface area contributed by atoms with Crippen molar-refractivity contribution < 1.29 is 23.2 Å². The molecule has 1 aromatic heterocycles. The zero-order valence-electron chi connectivity index (χ0n) is 10.2. The minimum atomic E-state index is -1.27. The number of hydrogen-bond donors (Lipinski definition) is 0. The molecule has 11 heteroatoms. The average Bonchev–Trinajstić information content (AvgIpc) is 2.41. The van der Waals surface area contributed by atoms with E-state index in [1.165, 1.54) is 7.11 Å². The average molecular weight is 319 g/mol. The molecule has 110 valence electrons. The fourth-order valence-electron chi connectivity index (χ4n) is 1.29. The summed E-state index contributed by atoms with van der Waals surface area (Å²) >= 11 is 5.55. The van der Waals surface area contributed by atoms with E-state index in [-0.39, 0.29) is 11.3 Å². The van der Waals surface area contributed by atoms with Gasteiger partial charge in [0.1, 0.15) is 0 Å². The van der Waals surface area contributed by atoms with Crippen molar-refractivity contribution >= 4 is 17.3 Å². The molecule has 0 fully saturated rings. The van der Waals surface area contributed by atoms with E-state index in [0.717, 1.165) is 0 Å². The third kappa shape index (κ3) is 3.28. The number of ether oxygens (including phenoxy) is 2. The van der Waals surface area contributed by atoms with E-state index in [9.17, 15) is 18.9 Å². The topological polar surface area (TPSA) is 100 Å². The van der Waals surface area contributed by atoms with Gasteiger partial charge in [0.15, 0.2) is 11.6 Å². The number of aromatic nitrogens is 3. The lowest BCUT2D eigenvalue weighted by Crippen LogP contribution is -2.01. The minimum absolute atomic E-state index is 0.201. The molecule has 0 radical (unpaired) electrons. The molecule has 0 aliphatic rings. The lowest BCUT2D eigenvalue weighted by atomic mass is 10.3. The third-order valence-electron chi connectivity index (χ3n) is 2.15. The van der Waals surface area contributed by atoms with Crippen molar-refractivity contribution in [2.75, 3.05) is 7.11 Å². The van der Waals surface area contributed by atoms with E-state index in [1.54, 1.807) is 0 Å². The maximum absolute atomic E-state index is 13.6. The minimum Gasteiger partial charge on any atom is -0.467 e. The van der Waals surface area contributed by atoms with Crippen LogP contribution in [0.15, 0.2) is 12.1 Å². The molecule has 0 saturated carbocycles. The second kappa shape index (κ2) is 5.79. The van der Waals surface area contributed by atoms with Crippen LogP contribution in [0.2, 0.25) is 5.28 Å². The van der Waals surface area contributed by atoms with Gasteiger partial charge in [0.05, 0.1) is 18.1 Å². The van der Waals surface area contributed by atoms with Crippen molar-refractivity contribution in [2.24, 2.45) is 0 Å². The Morgan fingerprint density at radius 1 is 1.19 bits per heavy atom. The van der Waals surface area contributed by atoms with Gasteiger partial charge in [-0.05, 0) is 11.6 Å². The smallest absolute Gasteiger partial charge is 0.329 e. The maximum atomic E-state index is 13.6. The number of benzene rings is 1. The molecule has 21 heavy (non-hydrogen) atoms. The summed E-state index contributed by atoms with van der Waals surface area (Å²) < 4.78 is 36.6. The van der Waals surface area contributed by atoms with Gasteiger partial charge in [-0.25, -0.2) is 4.39 Å². The summed E-state index contributed by atoms with van der Waals surface area (Å²) in [6.45, 7) is 0. The molecule has 0 N–H and O–H groups in total. The zero-order chi connectivity index (χ0) is 15.6. The Bertz CT molecular complexity index is 716. The molecule has 0 spiro atoms. The molecule has 0 unspecified atom stereocenters. The monoisotopic (exact) mass is 318 g/mol. The molecular formula is C10H5ClF2N4O4. The van der Waals surface area contributed by atoms with Crippen LogP contribution in [0.5, 0.6) is 17.8 Å². The Balaban J connectivity index is 2.38. The van der Waals surface area contributed by atoms with Crippen LogP contribution in [0.25, 0.3) is 0 Å². The molecule has 0 bridgehead atoms. The second-order valence-corrected chi connectivity index (χ2v) is 3.80. The van der Waals surface area contributed by atoms with Crippen LogP contribution in [0.1, 0.15) is 0 Å². The predicted molar refractivity (Wildman–Crippen MR) is 64.5 cm³/mol. The molecule has 0 saturated heterocycles. The SMILES string of the molecule is COc1nc(Cl)nc(Oc2cc(F)c([N+](=O)[O-])cc2F)n1. The number of nitro groups is 1. The molecule has 2 aromatic rings. The first kappa shape index (κ1) is 14.8. The van der Waals surface area contributed by atoms with Crippen molar-refractivity contribution in [3.05, 3.63) is 39.2 Å². The Hall–Kier alpha value is -2.62. The van der Waals surface area contributed by atoms with Gasteiger partial charge in [-0.2, -0.15) is 14.4 Å². The number of nitro benzene ring substituents is 1. The summed E-state index contributed by atoms with van der Waals surface area (Å²) in [5, 5.41) is 10.2. The molecule has 1 aromatic carbocycles. The van der Waals surface area contributed by atoms with E-state index in [2.05, 4.69) is 15.0 Å². The van der Waals surface area contributed by atoms with Gasteiger partial charge in [-0.3, -0.25) is 10.1 Å². The van der Waals surface area contributed by atoms with Crippen LogP contribution in [-0.4, -0.2) is 27.0 Å². The standard InChI is InChI=1S/C10H5ClF2N4O4/c1-20-9-14-8(11)15-10(16-9)21-7-3-4(12)6(17(18)19)2-5(7)13/h2-3H,1H3. The highest BCUT2D eigenvalue weighted by atomic mass is 35.5. The number of halogens is 3. The summed E-state index contributed by atoms with van der Waals surface area (Å²) in [6.07, 6.45) is 0. The number of nitrogens with zero attached hydrogens (tertiary/aromatic N) is 4. The quantitative estimate of drug-likeness (QED) is 0.630. The number of methoxy groups -OCH3 is 1. The predicted octanol–water partition coefficient (Wildman–Crippen LogP) is 2.51. The van der Waals surface area contributed by atoms with Gasteiger partial charge in [0.25, 0.3) is 0 Å². The van der Waals surface area contributed by atoms with Crippen molar-refractivity contribution in [1.29, 1.82) is 0 Å². The fourth-order valence-corrected chi connectivity index (χ4v) is 1.43. The third-order valence-corrected chi connectivity index (χ3v) is 2.32. The van der Waals surface area contributed by atoms with Crippen molar-refractivity contribution in [1.82, 2.24) is 15.0 Å². The normalized spacial score (nSPS) is 10.3. The molecule has 0 aliphatic carbocycles.